The van der Waals surface area contributed by atoms with Crippen molar-refractivity contribution in [2.75, 3.05) is 33.1 Å². The molecular weight excluding hydrogens is 489 g/mol. The number of halogens is 1. The molecule has 8 heteroatoms. The maximum absolute atomic E-state index is 6.12. The normalized spacial score (nSPS) is 17.8. The van der Waals surface area contributed by atoms with Crippen molar-refractivity contribution in [3.8, 4) is 11.5 Å². The van der Waals surface area contributed by atoms with Crippen LogP contribution in [0.1, 0.15) is 23.3 Å². The van der Waals surface area contributed by atoms with E-state index in [0.717, 1.165) is 50.5 Å². The minimum absolute atomic E-state index is 0. The molecule has 0 amide bonds. The number of ether oxygens (including phenoxy) is 3. The number of hydrogen-bond donors (Lipinski definition) is 2. The number of nitrogens with two attached hydrogens (primary N) is 1. The summed E-state index contributed by atoms with van der Waals surface area (Å²) in [5.74, 6) is 2.11. The SMILES string of the molecule is I.NC(=NCC1(c2ccc3c(c2)OCO3)CCOCC1)NCCc1cccs1. The summed E-state index contributed by atoms with van der Waals surface area (Å²) in [5, 5.41) is 5.32. The number of fused-ring (bicyclic) bond motifs is 1. The molecule has 1 fully saturated rings. The number of hydrogen-bond acceptors (Lipinski definition) is 5. The first-order valence-electron chi connectivity index (χ1n) is 9.29. The second-order valence-electron chi connectivity index (χ2n) is 6.92. The minimum atomic E-state index is -0.0840. The molecule has 0 bridgehead atoms. The summed E-state index contributed by atoms with van der Waals surface area (Å²) in [6.45, 7) is 3.17. The van der Waals surface area contributed by atoms with Crippen molar-refractivity contribution in [1.82, 2.24) is 5.32 Å². The highest BCUT2D eigenvalue weighted by molar-refractivity contribution is 14.0. The van der Waals surface area contributed by atoms with E-state index in [4.69, 9.17) is 19.9 Å². The number of benzene rings is 1. The van der Waals surface area contributed by atoms with E-state index in [1.54, 1.807) is 11.3 Å². The van der Waals surface area contributed by atoms with Gasteiger partial charge in [-0.1, -0.05) is 12.1 Å². The van der Waals surface area contributed by atoms with Crippen LogP contribution in [0.5, 0.6) is 11.5 Å². The number of nitrogens with zero attached hydrogens (tertiary/aromatic N) is 1. The van der Waals surface area contributed by atoms with Crippen LogP contribution in [0.15, 0.2) is 40.7 Å². The van der Waals surface area contributed by atoms with Gasteiger partial charge < -0.3 is 25.3 Å². The van der Waals surface area contributed by atoms with Crippen molar-refractivity contribution in [2.24, 2.45) is 10.7 Å². The van der Waals surface area contributed by atoms with Gasteiger partial charge >= 0.3 is 0 Å². The van der Waals surface area contributed by atoms with Crippen molar-refractivity contribution in [3.63, 3.8) is 0 Å². The van der Waals surface area contributed by atoms with Crippen LogP contribution in [0.2, 0.25) is 0 Å². The van der Waals surface area contributed by atoms with Crippen LogP contribution in [0.25, 0.3) is 0 Å². The third kappa shape index (κ3) is 4.90. The smallest absolute Gasteiger partial charge is 0.231 e. The van der Waals surface area contributed by atoms with Crippen LogP contribution in [-0.2, 0) is 16.6 Å². The number of rotatable bonds is 6. The summed E-state index contributed by atoms with van der Waals surface area (Å²) < 4.78 is 16.6. The van der Waals surface area contributed by atoms with Gasteiger partial charge in [-0.25, -0.2) is 0 Å². The zero-order valence-corrected chi connectivity index (χ0v) is 18.8. The molecule has 2 aromatic rings. The number of aliphatic imine (C=N–C) groups is 1. The molecule has 1 saturated heterocycles. The van der Waals surface area contributed by atoms with Gasteiger partial charge in [-0.05, 0) is 48.4 Å². The van der Waals surface area contributed by atoms with Gasteiger partial charge in [0.05, 0.1) is 6.54 Å². The molecule has 0 atom stereocenters. The van der Waals surface area contributed by atoms with E-state index in [1.807, 2.05) is 6.07 Å². The Morgan fingerprint density at radius 1 is 1.18 bits per heavy atom. The van der Waals surface area contributed by atoms with Crippen LogP contribution >= 0.6 is 35.3 Å². The summed E-state index contributed by atoms with van der Waals surface area (Å²) in [6.07, 6.45) is 2.78. The molecule has 6 nitrogen and oxygen atoms in total. The molecule has 0 saturated carbocycles. The summed E-state index contributed by atoms with van der Waals surface area (Å²) in [5.41, 5.74) is 7.25. The van der Waals surface area contributed by atoms with Gasteiger partial charge in [0.15, 0.2) is 17.5 Å². The lowest BCUT2D eigenvalue weighted by Crippen LogP contribution is -2.39. The fourth-order valence-electron chi connectivity index (χ4n) is 3.59. The Balaban J connectivity index is 0.00000225. The number of thiophene rings is 1. The molecule has 3 N–H and O–H groups in total. The Morgan fingerprint density at radius 3 is 2.79 bits per heavy atom. The Bertz CT molecular complexity index is 792. The van der Waals surface area contributed by atoms with Gasteiger partial charge in [0.25, 0.3) is 0 Å². The highest BCUT2D eigenvalue weighted by Crippen LogP contribution is 2.41. The summed E-state index contributed by atoms with van der Waals surface area (Å²) in [4.78, 5) is 6.01. The predicted octanol–water partition coefficient (Wildman–Crippen LogP) is 3.29. The van der Waals surface area contributed by atoms with E-state index in [1.165, 1.54) is 10.4 Å². The molecule has 0 radical (unpaired) electrons. The summed E-state index contributed by atoms with van der Waals surface area (Å²) in [7, 11) is 0. The fourth-order valence-corrected chi connectivity index (χ4v) is 4.30. The molecule has 0 aliphatic carbocycles. The topological polar surface area (TPSA) is 78.1 Å². The van der Waals surface area contributed by atoms with Crippen molar-refractivity contribution >= 4 is 41.3 Å². The lowest BCUT2D eigenvalue weighted by Gasteiger charge is -2.36. The Kier molecular flexibility index (Phi) is 7.42. The van der Waals surface area contributed by atoms with Gasteiger partial charge in [-0.3, -0.25) is 4.99 Å². The van der Waals surface area contributed by atoms with Gasteiger partial charge in [-0.15, -0.1) is 35.3 Å². The highest BCUT2D eigenvalue weighted by atomic mass is 127. The van der Waals surface area contributed by atoms with E-state index in [2.05, 4.69) is 40.0 Å². The number of nitrogens with one attached hydrogen (secondary N) is 1. The zero-order chi connectivity index (χ0) is 18.5. The molecular formula is C20H26IN3O3S. The maximum atomic E-state index is 6.12. The molecule has 28 heavy (non-hydrogen) atoms. The summed E-state index contributed by atoms with van der Waals surface area (Å²) in [6, 6.07) is 10.4. The van der Waals surface area contributed by atoms with Crippen LogP contribution in [0, 0.1) is 0 Å². The molecule has 2 aliphatic heterocycles. The molecule has 2 aliphatic rings. The summed E-state index contributed by atoms with van der Waals surface area (Å²) >= 11 is 1.76. The molecule has 4 rings (SSSR count). The number of guanidine groups is 1. The van der Waals surface area contributed by atoms with Crippen molar-refractivity contribution in [2.45, 2.75) is 24.7 Å². The predicted molar refractivity (Wildman–Crippen MR) is 122 cm³/mol. The van der Waals surface area contributed by atoms with Gasteiger partial charge in [0.2, 0.25) is 6.79 Å². The highest BCUT2D eigenvalue weighted by Gasteiger charge is 2.35. The van der Waals surface area contributed by atoms with Crippen molar-refractivity contribution < 1.29 is 14.2 Å². The van der Waals surface area contributed by atoms with Gasteiger partial charge in [-0.2, -0.15) is 0 Å². The second-order valence-corrected chi connectivity index (χ2v) is 7.95. The van der Waals surface area contributed by atoms with Gasteiger partial charge in [0, 0.05) is 30.1 Å². The van der Waals surface area contributed by atoms with E-state index in [9.17, 15) is 0 Å². The van der Waals surface area contributed by atoms with Crippen molar-refractivity contribution in [1.29, 1.82) is 0 Å². The minimum Gasteiger partial charge on any atom is -0.454 e. The van der Waals surface area contributed by atoms with Crippen molar-refractivity contribution in [3.05, 3.63) is 46.2 Å². The van der Waals surface area contributed by atoms with E-state index in [0.29, 0.717) is 12.5 Å². The molecule has 0 unspecified atom stereocenters. The van der Waals surface area contributed by atoms with E-state index < -0.39 is 0 Å². The lowest BCUT2D eigenvalue weighted by molar-refractivity contribution is 0.0530. The van der Waals surface area contributed by atoms with Crippen LogP contribution in [0.4, 0.5) is 0 Å². The Labute approximate surface area is 186 Å². The quantitative estimate of drug-likeness (QED) is 0.351. The van der Waals surface area contributed by atoms with Gasteiger partial charge in [0.1, 0.15) is 0 Å². The lowest BCUT2D eigenvalue weighted by atomic mass is 9.74. The monoisotopic (exact) mass is 515 g/mol. The standard InChI is InChI=1S/C20H25N3O3S.HI/c21-19(22-8-5-16-2-1-11-27-16)23-13-20(6-9-24-10-7-20)15-3-4-17-18(12-15)26-14-25-17;/h1-4,11-12H,5-10,13-14H2,(H3,21,22,23);1H. The van der Waals surface area contributed by atoms with Crippen LogP contribution < -0.4 is 20.5 Å². The molecule has 152 valence electrons. The van der Waals surface area contributed by atoms with E-state index in [-0.39, 0.29) is 36.2 Å². The third-order valence-electron chi connectivity index (χ3n) is 5.24. The maximum Gasteiger partial charge on any atom is 0.231 e. The first-order valence-corrected chi connectivity index (χ1v) is 10.2. The molecule has 3 heterocycles. The first kappa shape index (κ1) is 21.2. The van der Waals surface area contributed by atoms with Crippen LogP contribution in [0.3, 0.4) is 0 Å². The Hall–Kier alpha value is -1.52. The zero-order valence-electron chi connectivity index (χ0n) is 15.7. The Morgan fingerprint density at radius 2 is 2.00 bits per heavy atom. The largest absolute Gasteiger partial charge is 0.454 e. The average Bonchev–Trinajstić information content (AvgIpc) is 3.38. The average molecular weight is 515 g/mol. The van der Waals surface area contributed by atoms with E-state index >= 15 is 0 Å². The molecule has 0 spiro atoms. The fraction of sp³-hybridized carbons (Fsp3) is 0.450. The first-order chi connectivity index (χ1) is 13.3. The second kappa shape index (κ2) is 9.80. The molecule has 1 aromatic carbocycles. The third-order valence-corrected chi connectivity index (χ3v) is 6.18. The van der Waals surface area contributed by atoms with Crippen LogP contribution in [-0.4, -0.2) is 39.1 Å². The molecule has 1 aromatic heterocycles.